The highest BCUT2D eigenvalue weighted by atomic mass is 32.2. The van der Waals surface area contributed by atoms with E-state index in [4.69, 9.17) is 17.0 Å². The van der Waals surface area contributed by atoms with Crippen LogP contribution in [0.3, 0.4) is 0 Å². The quantitative estimate of drug-likeness (QED) is 0.336. The average molecular weight is 465 g/mol. The largest absolute Gasteiger partial charge is 0.489 e. The minimum atomic E-state index is -0.300. The second kappa shape index (κ2) is 9.54. The summed E-state index contributed by atoms with van der Waals surface area (Å²) in [5, 5.41) is 0. The molecular weight excluding hydrogens is 443 g/mol. The molecule has 1 heterocycles. The lowest BCUT2D eigenvalue weighted by Gasteiger charge is -2.17. The van der Waals surface area contributed by atoms with Crippen LogP contribution in [0.15, 0.2) is 77.7 Å². The molecule has 4 rings (SSSR count). The Balaban J connectivity index is 1.50. The predicted octanol–water partition coefficient (Wildman–Crippen LogP) is 5.88. The number of carbonyl (C=O) groups excluding carboxylic acids is 1. The van der Waals surface area contributed by atoms with Crippen molar-refractivity contribution in [1.82, 2.24) is 0 Å². The van der Waals surface area contributed by atoms with Crippen LogP contribution in [0.5, 0.6) is 5.75 Å². The third kappa shape index (κ3) is 4.84. The van der Waals surface area contributed by atoms with E-state index in [-0.39, 0.29) is 18.3 Å². The van der Waals surface area contributed by atoms with E-state index in [2.05, 4.69) is 0 Å². The Bertz CT molecular complexity index is 1190. The molecule has 0 aromatic heterocycles. The summed E-state index contributed by atoms with van der Waals surface area (Å²) in [6, 6.07) is 21.5. The Hall–Kier alpha value is -3.16. The first-order chi connectivity index (χ1) is 15.4. The number of anilines is 2. The van der Waals surface area contributed by atoms with Crippen LogP contribution in [0.2, 0.25) is 0 Å². The molecule has 3 aromatic rings. The standard InChI is InChI=1S/C25H21FN2O2S2/c1-27(2)19-10-12-20(13-11-19)28-24(29)23(32-25(28)31)15-17-6-5-8-21(14-17)30-16-18-7-3-4-9-22(18)26/h3-15H,16H2,1-2H3. The lowest BCUT2D eigenvalue weighted by atomic mass is 10.2. The molecule has 1 amide bonds. The molecular formula is C25H21FN2O2S2. The topological polar surface area (TPSA) is 32.8 Å². The summed E-state index contributed by atoms with van der Waals surface area (Å²) in [5.74, 6) is 0.137. The normalized spacial score (nSPS) is 14.8. The zero-order valence-corrected chi connectivity index (χ0v) is 19.3. The molecule has 0 saturated carbocycles. The van der Waals surface area contributed by atoms with Crippen LogP contribution in [0.4, 0.5) is 15.8 Å². The second-order valence-electron chi connectivity index (χ2n) is 7.38. The third-order valence-corrected chi connectivity index (χ3v) is 6.23. The molecule has 3 aromatic carbocycles. The molecule has 0 bridgehead atoms. The van der Waals surface area contributed by atoms with E-state index >= 15 is 0 Å². The van der Waals surface area contributed by atoms with Gasteiger partial charge in [-0.15, -0.1) is 0 Å². The molecule has 1 fully saturated rings. The van der Waals surface area contributed by atoms with Crippen LogP contribution in [0.25, 0.3) is 6.08 Å². The molecule has 0 aliphatic carbocycles. The summed E-state index contributed by atoms with van der Waals surface area (Å²) in [7, 11) is 3.93. The molecule has 1 aliphatic rings. The number of thiocarbonyl (C=S) groups is 1. The number of thioether (sulfide) groups is 1. The van der Waals surface area contributed by atoms with E-state index in [9.17, 15) is 9.18 Å². The van der Waals surface area contributed by atoms with Crippen LogP contribution in [-0.4, -0.2) is 24.3 Å². The van der Waals surface area contributed by atoms with E-state index in [1.165, 1.54) is 17.8 Å². The summed E-state index contributed by atoms with van der Waals surface area (Å²) in [4.78, 5) is 17.1. The molecule has 4 nitrogen and oxygen atoms in total. The highest BCUT2D eigenvalue weighted by Crippen LogP contribution is 2.36. The summed E-state index contributed by atoms with van der Waals surface area (Å²) < 4.78 is 20.0. The Morgan fingerprint density at radius 2 is 1.81 bits per heavy atom. The number of nitrogens with zero attached hydrogens (tertiary/aromatic N) is 2. The van der Waals surface area contributed by atoms with Gasteiger partial charge in [0.25, 0.3) is 5.91 Å². The van der Waals surface area contributed by atoms with Crippen molar-refractivity contribution in [1.29, 1.82) is 0 Å². The van der Waals surface area contributed by atoms with Gasteiger partial charge in [-0.25, -0.2) is 4.39 Å². The lowest BCUT2D eigenvalue weighted by Crippen LogP contribution is -2.27. The zero-order chi connectivity index (χ0) is 22.7. The van der Waals surface area contributed by atoms with E-state index in [0.717, 1.165) is 16.9 Å². The van der Waals surface area contributed by atoms with E-state index in [1.807, 2.05) is 61.5 Å². The molecule has 0 unspecified atom stereocenters. The molecule has 1 saturated heterocycles. The van der Waals surface area contributed by atoms with Gasteiger partial charge in [-0.2, -0.15) is 0 Å². The fraction of sp³-hybridized carbons (Fsp3) is 0.120. The first-order valence-electron chi connectivity index (χ1n) is 9.94. The van der Waals surface area contributed by atoms with Crippen molar-refractivity contribution < 1.29 is 13.9 Å². The minimum Gasteiger partial charge on any atom is -0.489 e. The molecule has 0 spiro atoms. The van der Waals surface area contributed by atoms with Crippen molar-refractivity contribution in [3.05, 3.63) is 94.6 Å². The number of ether oxygens (including phenoxy) is 1. The van der Waals surface area contributed by atoms with Gasteiger partial charge in [-0.05, 0) is 54.1 Å². The smallest absolute Gasteiger partial charge is 0.270 e. The first-order valence-corrected chi connectivity index (χ1v) is 11.2. The summed E-state index contributed by atoms with van der Waals surface area (Å²) in [6.07, 6.45) is 1.80. The Morgan fingerprint density at radius 1 is 1.06 bits per heavy atom. The molecule has 7 heteroatoms. The highest BCUT2D eigenvalue weighted by Gasteiger charge is 2.33. The molecule has 32 heavy (non-hydrogen) atoms. The Labute approximate surface area is 196 Å². The van der Waals surface area contributed by atoms with E-state index in [1.54, 1.807) is 35.2 Å². The van der Waals surface area contributed by atoms with Crippen molar-refractivity contribution in [2.45, 2.75) is 6.61 Å². The van der Waals surface area contributed by atoms with Crippen LogP contribution in [0, 0.1) is 5.82 Å². The molecule has 0 radical (unpaired) electrons. The van der Waals surface area contributed by atoms with Crippen LogP contribution in [0.1, 0.15) is 11.1 Å². The van der Waals surface area contributed by atoms with Gasteiger partial charge >= 0.3 is 0 Å². The van der Waals surface area contributed by atoms with Crippen molar-refractivity contribution in [2.75, 3.05) is 23.9 Å². The summed E-state index contributed by atoms with van der Waals surface area (Å²) in [5.41, 5.74) is 3.07. The monoisotopic (exact) mass is 464 g/mol. The molecule has 162 valence electrons. The molecule has 0 atom stereocenters. The zero-order valence-electron chi connectivity index (χ0n) is 17.6. The predicted molar refractivity (Wildman–Crippen MR) is 134 cm³/mol. The lowest BCUT2D eigenvalue weighted by molar-refractivity contribution is -0.113. The summed E-state index contributed by atoms with van der Waals surface area (Å²) in [6.45, 7) is 0.126. The van der Waals surface area contributed by atoms with Gasteiger partial charge in [-0.3, -0.25) is 9.69 Å². The van der Waals surface area contributed by atoms with Gasteiger partial charge in [0.15, 0.2) is 4.32 Å². The van der Waals surface area contributed by atoms with Crippen molar-refractivity contribution >= 4 is 51.7 Å². The van der Waals surface area contributed by atoms with E-state index in [0.29, 0.717) is 20.5 Å². The molecule has 0 N–H and O–H groups in total. The first kappa shape index (κ1) is 22.0. The minimum absolute atomic E-state index is 0.126. The van der Waals surface area contributed by atoms with Gasteiger partial charge in [0.1, 0.15) is 18.2 Å². The number of amides is 1. The highest BCUT2D eigenvalue weighted by molar-refractivity contribution is 8.27. The van der Waals surface area contributed by atoms with Crippen LogP contribution < -0.4 is 14.5 Å². The number of halogens is 1. The average Bonchev–Trinajstić information content (AvgIpc) is 3.06. The maximum atomic E-state index is 13.8. The second-order valence-corrected chi connectivity index (χ2v) is 9.06. The number of benzene rings is 3. The van der Waals surface area contributed by atoms with Gasteiger partial charge in [-0.1, -0.05) is 54.3 Å². The van der Waals surface area contributed by atoms with Gasteiger partial charge in [0.2, 0.25) is 0 Å². The van der Waals surface area contributed by atoms with Gasteiger partial charge in [0, 0.05) is 25.3 Å². The Morgan fingerprint density at radius 3 is 2.53 bits per heavy atom. The maximum Gasteiger partial charge on any atom is 0.270 e. The van der Waals surface area contributed by atoms with Gasteiger partial charge in [0.05, 0.1) is 10.6 Å². The van der Waals surface area contributed by atoms with Crippen molar-refractivity contribution in [2.24, 2.45) is 0 Å². The number of hydrogen-bond acceptors (Lipinski definition) is 5. The fourth-order valence-electron chi connectivity index (χ4n) is 3.21. The van der Waals surface area contributed by atoms with Crippen LogP contribution in [-0.2, 0) is 11.4 Å². The Kier molecular flexibility index (Phi) is 6.58. The number of rotatable bonds is 6. The number of carbonyl (C=O) groups is 1. The van der Waals surface area contributed by atoms with Crippen molar-refractivity contribution in [3.8, 4) is 5.75 Å². The van der Waals surface area contributed by atoms with Crippen LogP contribution >= 0.6 is 24.0 Å². The number of hydrogen-bond donors (Lipinski definition) is 0. The van der Waals surface area contributed by atoms with Gasteiger partial charge < -0.3 is 9.64 Å². The summed E-state index contributed by atoms with van der Waals surface area (Å²) >= 11 is 6.74. The SMILES string of the molecule is CN(C)c1ccc(N2C(=O)C(=Cc3cccc(OCc4ccccc4F)c3)SC2=S)cc1. The van der Waals surface area contributed by atoms with Crippen molar-refractivity contribution in [3.63, 3.8) is 0 Å². The van der Waals surface area contributed by atoms with E-state index < -0.39 is 0 Å². The molecule has 1 aliphatic heterocycles. The third-order valence-electron chi connectivity index (χ3n) is 4.93. The fourth-order valence-corrected chi connectivity index (χ4v) is 4.51. The maximum absolute atomic E-state index is 13.8.